The highest BCUT2D eigenvalue weighted by molar-refractivity contribution is 5.95. The molecule has 0 aliphatic carbocycles. The molecule has 1 saturated heterocycles. The summed E-state index contributed by atoms with van der Waals surface area (Å²) in [7, 11) is 1.57. The molecule has 0 amide bonds. The van der Waals surface area contributed by atoms with Crippen LogP contribution < -0.4 is 4.74 Å². The Morgan fingerprint density at radius 1 is 1.19 bits per heavy atom. The molecule has 1 aliphatic rings. The number of aliphatic hydroxyl groups is 1. The normalized spacial score (nSPS) is 17.1. The van der Waals surface area contributed by atoms with E-state index in [9.17, 15) is 9.50 Å². The lowest BCUT2D eigenvalue weighted by Crippen LogP contribution is -2.65. The van der Waals surface area contributed by atoms with Crippen molar-refractivity contribution in [1.29, 1.82) is 0 Å². The summed E-state index contributed by atoms with van der Waals surface area (Å²) < 4.78 is 19.3. The SMILES string of the molecule is COc1ccc(F)cc1-c1ccnc2[nH]c(C3(O)CN(C(C)(C)C)C3)cc12. The average Bonchev–Trinajstić information content (AvgIpc) is 3.02. The van der Waals surface area contributed by atoms with Gasteiger partial charge >= 0.3 is 0 Å². The van der Waals surface area contributed by atoms with Gasteiger partial charge in [0.15, 0.2) is 0 Å². The van der Waals surface area contributed by atoms with Crippen LogP contribution in [0.25, 0.3) is 22.2 Å². The number of ether oxygens (including phenoxy) is 1. The van der Waals surface area contributed by atoms with Crippen molar-refractivity contribution < 1.29 is 14.2 Å². The van der Waals surface area contributed by atoms with E-state index in [0.29, 0.717) is 30.0 Å². The molecule has 142 valence electrons. The fourth-order valence-corrected chi connectivity index (χ4v) is 3.63. The molecule has 1 fully saturated rings. The largest absolute Gasteiger partial charge is 0.496 e. The van der Waals surface area contributed by atoms with Crippen LogP contribution in [-0.4, -0.2) is 45.7 Å². The molecule has 0 saturated carbocycles. The number of nitrogens with zero attached hydrogens (tertiary/aromatic N) is 2. The number of hydrogen-bond donors (Lipinski definition) is 2. The molecule has 5 nitrogen and oxygen atoms in total. The maximum atomic E-state index is 13.9. The van der Waals surface area contributed by atoms with Gasteiger partial charge in [0.25, 0.3) is 0 Å². The highest BCUT2D eigenvalue weighted by Gasteiger charge is 2.47. The van der Waals surface area contributed by atoms with Crippen molar-refractivity contribution in [3.63, 3.8) is 0 Å². The number of β-amino-alcohol motifs (C(OH)–C–C–N with tert-alkyl or cyclic N) is 1. The Labute approximate surface area is 157 Å². The second kappa shape index (κ2) is 6.04. The molecule has 4 rings (SSSR count). The van der Waals surface area contributed by atoms with E-state index >= 15 is 0 Å². The fraction of sp³-hybridized carbons (Fsp3) is 0.381. The first-order chi connectivity index (χ1) is 12.7. The van der Waals surface area contributed by atoms with Gasteiger partial charge in [-0.2, -0.15) is 0 Å². The summed E-state index contributed by atoms with van der Waals surface area (Å²) in [5, 5.41) is 11.9. The topological polar surface area (TPSA) is 61.4 Å². The van der Waals surface area contributed by atoms with Crippen LogP contribution in [-0.2, 0) is 5.60 Å². The van der Waals surface area contributed by atoms with Gasteiger partial charge in [-0.15, -0.1) is 0 Å². The Kier molecular flexibility index (Phi) is 4.01. The highest BCUT2D eigenvalue weighted by atomic mass is 19.1. The van der Waals surface area contributed by atoms with Crippen molar-refractivity contribution in [3.8, 4) is 16.9 Å². The van der Waals surface area contributed by atoms with E-state index in [-0.39, 0.29) is 11.4 Å². The van der Waals surface area contributed by atoms with Crippen molar-refractivity contribution in [2.75, 3.05) is 20.2 Å². The summed E-state index contributed by atoms with van der Waals surface area (Å²) in [4.78, 5) is 9.87. The van der Waals surface area contributed by atoms with E-state index in [1.165, 1.54) is 12.1 Å². The molecular weight excluding hydrogens is 345 g/mol. The summed E-state index contributed by atoms with van der Waals surface area (Å²) in [6, 6.07) is 8.21. The third-order valence-corrected chi connectivity index (χ3v) is 5.34. The minimum Gasteiger partial charge on any atom is -0.496 e. The van der Waals surface area contributed by atoms with E-state index in [1.54, 1.807) is 19.4 Å². The first-order valence-electron chi connectivity index (χ1n) is 9.01. The molecule has 0 atom stereocenters. The second-order valence-electron chi connectivity index (χ2n) is 8.21. The number of aromatic nitrogens is 2. The fourth-order valence-electron chi connectivity index (χ4n) is 3.63. The van der Waals surface area contributed by atoms with Crippen LogP contribution in [0.4, 0.5) is 4.39 Å². The molecular formula is C21H24FN3O2. The molecule has 0 bridgehead atoms. The number of pyridine rings is 1. The van der Waals surface area contributed by atoms with Gasteiger partial charge in [0.2, 0.25) is 0 Å². The van der Waals surface area contributed by atoms with Crippen molar-refractivity contribution >= 4 is 11.0 Å². The zero-order valence-corrected chi connectivity index (χ0v) is 16.0. The molecule has 0 radical (unpaired) electrons. The molecule has 6 heteroatoms. The average molecular weight is 369 g/mol. The monoisotopic (exact) mass is 369 g/mol. The van der Waals surface area contributed by atoms with Gasteiger partial charge in [0.05, 0.1) is 12.8 Å². The highest BCUT2D eigenvalue weighted by Crippen LogP contribution is 2.40. The lowest BCUT2D eigenvalue weighted by Gasteiger charge is -2.52. The van der Waals surface area contributed by atoms with E-state index in [4.69, 9.17) is 4.74 Å². The van der Waals surface area contributed by atoms with Crippen LogP contribution >= 0.6 is 0 Å². The third kappa shape index (κ3) is 2.99. The Hall–Kier alpha value is -2.44. The lowest BCUT2D eigenvalue weighted by molar-refractivity contribution is -0.139. The summed E-state index contributed by atoms with van der Waals surface area (Å²) in [5.41, 5.74) is 1.94. The zero-order chi connectivity index (χ0) is 19.4. The molecule has 2 N–H and O–H groups in total. The van der Waals surface area contributed by atoms with E-state index < -0.39 is 5.60 Å². The van der Waals surface area contributed by atoms with Crippen LogP contribution in [0.1, 0.15) is 26.5 Å². The van der Waals surface area contributed by atoms with Crippen molar-refractivity contribution in [2.24, 2.45) is 0 Å². The lowest BCUT2D eigenvalue weighted by atomic mass is 9.85. The van der Waals surface area contributed by atoms with Gasteiger partial charge in [0.1, 0.15) is 22.8 Å². The van der Waals surface area contributed by atoms with Crippen molar-refractivity contribution in [3.05, 3.63) is 48.0 Å². The van der Waals surface area contributed by atoms with Crippen LogP contribution in [0.3, 0.4) is 0 Å². The Bertz CT molecular complexity index is 1000. The number of halogens is 1. The Morgan fingerprint density at radius 2 is 1.93 bits per heavy atom. The van der Waals surface area contributed by atoms with Gasteiger partial charge in [-0.05, 0) is 56.7 Å². The standard InChI is InChI=1S/C21H24FN3O2/c1-20(2,3)25-11-21(26,12-25)18-10-16-14(7-8-23-19(16)24-18)15-9-13(22)5-6-17(15)27-4/h5-10,26H,11-12H2,1-4H3,(H,23,24). The molecule has 0 spiro atoms. The zero-order valence-electron chi connectivity index (χ0n) is 16.0. The van der Waals surface area contributed by atoms with Crippen LogP contribution in [0.15, 0.2) is 36.5 Å². The number of aromatic amines is 1. The third-order valence-electron chi connectivity index (χ3n) is 5.34. The number of methoxy groups -OCH3 is 1. The number of hydrogen-bond acceptors (Lipinski definition) is 4. The van der Waals surface area contributed by atoms with E-state index in [0.717, 1.165) is 16.6 Å². The summed E-state index contributed by atoms with van der Waals surface area (Å²) in [6.07, 6.45) is 1.68. The van der Waals surface area contributed by atoms with E-state index in [1.807, 2.05) is 12.1 Å². The maximum absolute atomic E-state index is 13.9. The van der Waals surface area contributed by atoms with Gasteiger partial charge in [-0.1, -0.05) is 0 Å². The van der Waals surface area contributed by atoms with Gasteiger partial charge < -0.3 is 14.8 Å². The number of rotatable bonds is 3. The van der Waals surface area contributed by atoms with Gasteiger partial charge in [-0.25, -0.2) is 9.37 Å². The molecule has 3 heterocycles. The number of fused-ring (bicyclic) bond motifs is 1. The quantitative estimate of drug-likeness (QED) is 0.739. The summed E-state index contributed by atoms with van der Waals surface area (Å²) in [6.45, 7) is 7.51. The molecule has 0 unspecified atom stereocenters. The Morgan fingerprint density at radius 3 is 2.59 bits per heavy atom. The number of benzene rings is 1. The predicted molar refractivity (Wildman–Crippen MR) is 103 cm³/mol. The first-order valence-corrected chi connectivity index (χ1v) is 9.01. The summed E-state index contributed by atoms with van der Waals surface area (Å²) in [5.74, 6) is 0.262. The molecule has 27 heavy (non-hydrogen) atoms. The Balaban J connectivity index is 1.78. The smallest absolute Gasteiger partial charge is 0.138 e. The van der Waals surface area contributed by atoms with Crippen LogP contribution in [0.5, 0.6) is 5.75 Å². The minimum absolute atomic E-state index is 0.0105. The van der Waals surface area contributed by atoms with E-state index in [2.05, 4.69) is 35.6 Å². The van der Waals surface area contributed by atoms with Crippen LogP contribution in [0, 0.1) is 5.82 Å². The summed E-state index contributed by atoms with van der Waals surface area (Å²) >= 11 is 0. The number of H-pyrrole nitrogens is 1. The molecule has 1 aliphatic heterocycles. The molecule has 1 aromatic carbocycles. The molecule has 2 aromatic heterocycles. The van der Waals surface area contributed by atoms with Crippen molar-refractivity contribution in [1.82, 2.24) is 14.9 Å². The maximum Gasteiger partial charge on any atom is 0.138 e. The second-order valence-corrected chi connectivity index (χ2v) is 8.21. The van der Waals surface area contributed by atoms with Crippen molar-refractivity contribution in [2.45, 2.75) is 31.9 Å². The van der Waals surface area contributed by atoms with Crippen LogP contribution in [0.2, 0.25) is 0 Å². The first kappa shape index (κ1) is 17.9. The van der Waals surface area contributed by atoms with Gasteiger partial charge in [0, 0.05) is 35.8 Å². The molecule has 3 aromatic rings. The number of likely N-dealkylation sites (tertiary alicyclic amines) is 1. The minimum atomic E-state index is -0.933. The van der Waals surface area contributed by atoms with Gasteiger partial charge in [-0.3, -0.25) is 4.90 Å². The number of nitrogens with one attached hydrogen (secondary N) is 1. The predicted octanol–water partition coefficient (Wildman–Crippen LogP) is 3.68.